The Bertz CT molecular complexity index is 1240. The molecule has 0 unspecified atom stereocenters. The highest BCUT2D eigenvalue weighted by molar-refractivity contribution is 6.34. The van der Waals surface area contributed by atoms with Crippen LogP contribution in [0.15, 0.2) is 66.7 Å². The van der Waals surface area contributed by atoms with E-state index in [2.05, 4.69) is 5.32 Å². The number of nitro benzene ring substituents is 1. The van der Waals surface area contributed by atoms with Crippen LogP contribution in [0.3, 0.4) is 0 Å². The van der Waals surface area contributed by atoms with Gasteiger partial charge in [0.15, 0.2) is 0 Å². The molecule has 0 saturated carbocycles. The number of amides is 3. The minimum absolute atomic E-state index is 0.0773. The van der Waals surface area contributed by atoms with E-state index in [1.807, 2.05) is 0 Å². The van der Waals surface area contributed by atoms with Gasteiger partial charge in [0, 0.05) is 29.4 Å². The third-order valence-electron chi connectivity index (χ3n) is 4.55. The zero-order valence-corrected chi connectivity index (χ0v) is 15.2. The van der Waals surface area contributed by atoms with E-state index in [0.717, 1.165) is 11.0 Å². The Morgan fingerprint density at radius 2 is 1.67 bits per heavy atom. The number of phenolic OH excluding ortho intramolecular Hbond substituents is 1. The largest absolute Gasteiger partial charge is 0.508 e. The molecule has 148 valence electrons. The van der Waals surface area contributed by atoms with E-state index in [0.29, 0.717) is 0 Å². The summed E-state index contributed by atoms with van der Waals surface area (Å²) in [5, 5.41) is 23.1. The number of nitrogens with one attached hydrogen (secondary N) is 1. The van der Waals surface area contributed by atoms with Crippen LogP contribution in [0.25, 0.3) is 0 Å². The number of non-ortho nitro benzene ring substituents is 1. The standard InChI is InChI=1S/C21H13N3O6/c25-16-6-2-4-14(11-16)23-20(27)17-8-7-13(10-18(17)21(23)28)22-19(26)12-3-1-5-15(9-12)24(29)30/h1-11,25H,(H,22,26). The minimum Gasteiger partial charge on any atom is -0.508 e. The summed E-state index contributed by atoms with van der Waals surface area (Å²) in [4.78, 5) is 49.1. The number of hydrogen-bond acceptors (Lipinski definition) is 6. The van der Waals surface area contributed by atoms with E-state index in [1.54, 1.807) is 0 Å². The summed E-state index contributed by atoms with van der Waals surface area (Å²) >= 11 is 0. The monoisotopic (exact) mass is 403 g/mol. The highest BCUT2D eigenvalue weighted by Gasteiger charge is 2.37. The Morgan fingerprint density at radius 1 is 0.933 bits per heavy atom. The zero-order valence-electron chi connectivity index (χ0n) is 15.2. The fourth-order valence-corrected chi connectivity index (χ4v) is 3.15. The smallest absolute Gasteiger partial charge is 0.270 e. The van der Waals surface area contributed by atoms with Crippen LogP contribution in [0.1, 0.15) is 31.1 Å². The lowest BCUT2D eigenvalue weighted by molar-refractivity contribution is -0.384. The van der Waals surface area contributed by atoms with E-state index in [-0.39, 0.29) is 39.5 Å². The lowest BCUT2D eigenvalue weighted by Gasteiger charge is -2.13. The van der Waals surface area contributed by atoms with Crippen molar-refractivity contribution in [3.05, 3.63) is 93.5 Å². The topological polar surface area (TPSA) is 130 Å². The van der Waals surface area contributed by atoms with Gasteiger partial charge in [-0.15, -0.1) is 0 Å². The van der Waals surface area contributed by atoms with Crippen molar-refractivity contribution < 1.29 is 24.4 Å². The molecule has 3 aromatic rings. The highest BCUT2D eigenvalue weighted by Crippen LogP contribution is 2.31. The van der Waals surface area contributed by atoms with Crippen LogP contribution in [0, 0.1) is 10.1 Å². The molecule has 9 heteroatoms. The molecule has 0 aromatic heterocycles. The van der Waals surface area contributed by atoms with E-state index >= 15 is 0 Å². The SMILES string of the molecule is O=C(Nc1ccc2c(c1)C(=O)N(c1cccc(O)c1)C2=O)c1cccc([N+](=O)[O-])c1. The first-order valence-corrected chi connectivity index (χ1v) is 8.73. The molecule has 0 atom stereocenters. The van der Waals surface area contributed by atoms with E-state index < -0.39 is 22.6 Å². The predicted molar refractivity (Wildman–Crippen MR) is 107 cm³/mol. The lowest BCUT2D eigenvalue weighted by Crippen LogP contribution is -2.29. The van der Waals surface area contributed by atoms with E-state index in [9.17, 15) is 29.6 Å². The van der Waals surface area contributed by atoms with Gasteiger partial charge >= 0.3 is 0 Å². The van der Waals surface area contributed by atoms with Crippen molar-refractivity contribution in [3.63, 3.8) is 0 Å². The number of imide groups is 1. The molecule has 0 bridgehead atoms. The van der Waals surface area contributed by atoms with Crippen LogP contribution in [-0.4, -0.2) is 27.8 Å². The molecule has 0 aliphatic carbocycles. The first kappa shape index (κ1) is 18.8. The predicted octanol–water partition coefficient (Wildman–Crippen LogP) is 3.35. The number of phenols is 1. The number of benzene rings is 3. The summed E-state index contributed by atoms with van der Waals surface area (Å²) < 4.78 is 0. The number of anilines is 2. The summed E-state index contributed by atoms with van der Waals surface area (Å²) in [6.07, 6.45) is 0. The van der Waals surface area contributed by atoms with E-state index in [1.165, 1.54) is 60.7 Å². The zero-order chi connectivity index (χ0) is 21.4. The van der Waals surface area contributed by atoms with E-state index in [4.69, 9.17) is 0 Å². The van der Waals surface area contributed by atoms with Crippen molar-refractivity contribution in [3.8, 4) is 5.75 Å². The Hall–Kier alpha value is -4.53. The maximum absolute atomic E-state index is 12.8. The van der Waals surface area contributed by atoms with Gasteiger partial charge < -0.3 is 10.4 Å². The fourth-order valence-electron chi connectivity index (χ4n) is 3.15. The third-order valence-corrected chi connectivity index (χ3v) is 4.55. The lowest BCUT2D eigenvalue weighted by atomic mass is 10.1. The Kier molecular flexibility index (Phi) is 4.47. The number of hydrogen-bond donors (Lipinski definition) is 2. The minimum atomic E-state index is -0.605. The summed E-state index contributed by atoms with van der Waals surface area (Å²) in [5.41, 5.74) is 0.594. The fraction of sp³-hybridized carbons (Fsp3) is 0. The van der Waals surface area contributed by atoms with Crippen molar-refractivity contribution in [2.75, 3.05) is 10.2 Å². The number of carbonyl (C=O) groups excluding carboxylic acids is 3. The van der Waals surface area contributed by atoms with Crippen molar-refractivity contribution in [2.45, 2.75) is 0 Å². The molecule has 2 N–H and O–H groups in total. The number of rotatable bonds is 4. The Balaban J connectivity index is 1.61. The van der Waals surface area contributed by atoms with Crippen LogP contribution in [0.5, 0.6) is 5.75 Å². The molecule has 0 saturated heterocycles. The number of nitro groups is 1. The van der Waals surface area contributed by atoms with Crippen molar-refractivity contribution >= 4 is 34.8 Å². The summed E-state index contributed by atoms with van der Waals surface area (Å²) in [6, 6.07) is 15.2. The first-order chi connectivity index (χ1) is 14.3. The number of fused-ring (bicyclic) bond motifs is 1. The van der Waals surface area contributed by atoms with Crippen molar-refractivity contribution in [2.24, 2.45) is 0 Å². The second-order valence-electron chi connectivity index (χ2n) is 6.49. The van der Waals surface area contributed by atoms with Crippen LogP contribution in [0.4, 0.5) is 17.1 Å². The molecule has 1 aliphatic heterocycles. The summed E-state index contributed by atoms with van der Waals surface area (Å²) in [6.45, 7) is 0. The first-order valence-electron chi connectivity index (χ1n) is 8.73. The van der Waals surface area contributed by atoms with Crippen molar-refractivity contribution in [1.82, 2.24) is 0 Å². The molecular weight excluding hydrogens is 390 g/mol. The summed E-state index contributed by atoms with van der Waals surface area (Å²) in [7, 11) is 0. The number of aromatic hydroxyl groups is 1. The maximum atomic E-state index is 12.8. The van der Waals surface area contributed by atoms with Crippen molar-refractivity contribution in [1.29, 1.82) is 0 Å². The van der Waals surface area contributed by atoms with Crippen LogP contribution >= 0.6 is 0 Å². The van der Waals surface area contributed by atoms with Crippen LogP contribution < -0.4 is 10.2 Å². The van der Waals surface area contributed by atoms with Gasteiger partial charge in [0.1, 0.15) is 5.75 Å². The molecule has 0 radical (unpaired) electrons. The molecule has 3 amide bonds. The molecule has 4 rings (SSSR count). The number of carbonyl (C=O) groups is 3. The molecule has 3 aromatic carbocycles. The second kappa shape index (κ2) is 7.13. The van der Waals surface area contributed by atoms with Gasteiger partial charge in [-0.25, -0.2) is 4.90 Å². The molecule has 1 heterocycles. The molecule has 30 heavy (non-hydrogen) atoms. The Morgan fingerprint density at radius 3 is 2.40 bits per heavy atom. The van der Waals surface area contributed by atoms with Crippen LogP contribution in [0.2, 0.25) is 0 Å². The summed E-state index contributed by atoms with van der Waals surface area (Å²) in [5.74, 6) is -1.82. The van der Waals surface area contributed by atoms with Gasteiger partial charge in [0.25, 0.3) is 23.4 Å². The maximum Gasteiger partial charge on any atom is 0.270 e. The third kappa shape index (κ3) is 3.24. The average Bonchev–Trinajstić information content (AvgIpc) is 2.98. The van der Waals surface area contributed by atoms with Gasteiger partial charge in [-0.3, -0.25) is 24.5 Å². The molecular formula is C21H13N3O6. The van der Waals surface area contributed by atoms with Gasteiger partial charge in [-0.05, 0) is 36.4 Å². The van der Waals surface area contributed by atoms with Gasteiger partial charge in [0.2, 0.25) is 0 Å². The quantitative estimate of drug-likeness (QED) is 0.390. The normalized spacial score (nSPS) is 12.6. The molecule has 1 aliphatic rings. The second-order valence-corrected chi connectivity index (χ2v) is 6.49. The number of nitrogens with zero attached hydrogens (tertiary/aromatic N) is 2. The average molecular weight is 403 g/mol. The highest BCUT2D eigenvalue weighted by atomic mass is 16.6. The molecule has 0 spiro atoms. The van der Waals surface area contributed by atoms with Gasteiger partial charge in [-0.2, -0.15) is 0 Å². The Labute approximate surface area is 169 Å². The van der Waals surface area contributed by atoms with Crippen LogP contribution in [-0.2, 0) is 0 Å². The van der Waals surface area contributed by atoms with Gasteiger partial charge in [0.05, 0.1) is 21.7 Å². The molecule has 0 fully saturated rings. The molecule has 9 nitrogen and oxygen atoms in total. The van der Waals surface area contributed by atoms with Gasteiger partial charge in [-0.1, -0.05) is 12.1 Å².